The molecule has 0 fully saturated rings. The van der Waals surface area contributed by atoms with E-state index in [1.165, 1.54) is 0 Å². The van der Waals surface area contributed by atoms with E-state index < -0.39 is 6.10 Å². The fourth-order valence-electron chi connectivity index (χ4n) is 2.25. The Labute approximate surface area is 114 Å². The lowest BCUT2D eigenvalue weighted by atomic mass is 9.99. The first kappa shape index (κ1) is 13.8. The van der Waals surface area contributed by atoms with Crippen LogP contribution in [0.5, 0.6) is 5.75 Å². The second-order valence-corrected chi connectivity index (χ2v) is 4.98. The van der Waals surface area contributed by atoms with Crippen molar-refractivity contribution in [3.63, 3.8) is 0 Å². The molecular formula is C16H21NO2. The van der Waals surface area contributed by atoms with E-state index in [0.29, 0.717) is 12.6 Å². The fourth-order valence-corrected chi connectivity index (χ4v) is 2.25. The third kappa shape index (κ3) is 3.06. The molecule has 0 unspecified atom stereocenters. The monoisotopic (exact) mass is 259 g/mol. The summed E-state index contributed by atoms with van der Waals surface area (Å²) in [7, 11) is 1.64. The molecule has 0 aliphatic rings. The molecule has 2 aromatic rings. The van der Waals surface area contributed by atoms with Crippen LogP contribution in [0.15, 0.2) is 36.4 Å². The lowest BCUT2D eigenvalue weighted by Gasteiger charge is -2.19. The van der Waals surface area contributed by atoms with Gasteiger partial charge in [0.1, 0.15) is 5.75 Å². The number of nitrogens with one attached hydrogen (secondary N) is 1. The Morgan fingerprint density at radius 2 is 1.89 bits per heavy atom. The molecule has 0 bridgehead atoms. The molecule has 0 aromatic heterocycles. The van der Waals surface area contributed by atoms with Gasteiger partial charge in [-0.1, -0.05) is 44.2 Å². The van der Waals surface area contributed by atoms with Gasteiger partial charge in [-0.05, 0) is 16.8 Å². The van der Waals surface area contributed by atoms with Gasteiger partial charge in [0, 0.05) is 18.2 Å². The van der Waals surface area contributed by atoms with Gasteiger partial charge < -0.3 is 15.2 Å². The summed E-state index contributed by atoms with van der Waals surface area (Å²) in [6.07, 6.45) is -0.580. The molecule has 0 spiro atoms. The Kier molecular flexibility index (Phi) is 4.40. The van der Waals surface area contributed by atoms with E-state index >= 15 is 0 Å². The van der Waals surface area contributed by atoms with E-state index in [9.17, 15) is 5.11 Å². The van der Waals surface area contributed by atoms with Gasteiger partial charge in [0.05, 0.1) is 13.2 Å². The molecule has 0 aliphatic heterocycles. The minimum absolute atomic E-state index is 0.343. The standard InChI is InChI=1S/C16H21NO2/c1-11(2)17-10-14(18)16-13-7-5-4-6-12(13)8-9-15(16)19-3/h4-9,11,14,17-18H,10H2,1-3H3/t14-/m0/s1. The summed E-state index contributed by atoms with van der Waals surface area (Å²) < 4.78 is 5.39. The predicted molar refractivity (Wildman–Crippen MR) is 78.6 cm³/mol. The van der Waals surface area contributed by atoms with Crippen LogP contribution in [0.3, 0.4) is 0 Å². The average Bonchev–Trinajstić information content (AvgIpc) is 2.43. The zero-order valence-electron chi connectivity index (χ0n) is 11.7. The number of methoxy groups -OCH3 is 1. The molecule has 2 rings (SSSR count). The van der Waals surface area contributed by atoms with Crippen molar-refractivity contribution in [3.8, 4) is 5.75 Å². The van der Waals surface area contributed by atoms with Crippen molar-refractivity contribution in [1.29, 1.82) is 0 Å². The van der Waals surface area contributed by atoms with Gasteiger partial charge in [-0.2, -0.15) is 0 Å². The average molecular weight is 259 g/mol. The van der Waals surface area contributed by atoms with Gasteiger partial charge >= 0.3 is 0 Å². The lowest BCUT2D eigenvalue weighted by Crippen LogP contribution is -2.28. The normalized spacial score (nSPS) is 12.9. The number of hydrogen-bond acceptors (Lipinski definition) is 3. The molecule has 19 heavy (non-hydrogen) atoms. The van der Waals surface area contributed by atoms with Gasteiger partial charge in [-0.15, -0.1) is 0 Å². The first-order valence-electron chi connectivity index (χ1n) is 6.60. The van der Waals surface area contributed by atoms with Crippen molar-refractivity contribution in [1.82, 2.24) is 5.32 Å². The van der Waals surface area contributed by atoms with E-state index in [1.54, 1.807) is 7.11 Å². The number of rotatable bonds is 5. The van der Waals surface area contributed by atoms with Gasteiger partial charge in [0.15, 0.2) is 0 Å². The predicted octanol–water partition coefficient (Wildman–Crippen LogP) is 2.88. The highest BCUT2D eigenvalue weighted by Gasteiger charge is 2.16. The summed E-state index contributed by atoms with van der Waals surface area (Å²) in [6, 6.07) is 12.3. The molecule has 2 aromatic carbocycles. The maximum atomic E-state index is 10.4. The first-order chi connectivity index (χ1) is 9.13. The van der Waals surface area contributed by atoms with Gasteiger partial charge in [0.2, 0.25) is 0 Å². The maximum Gasteiger partial charge on any atom is 0.125 e. The quantitative estimate of drug-likeness (QED) is 0.867. The SMILES string of the molecule is COc1ccc2ccccc2c1[C@@H](O)CNC(C)C. The van der Waals surface area contributed by atoms with E-state index in [-0.39, 0.29) is 0 Å². The molecule has 1 atom stereocenters. The molecule has 0 amide bonds. The number of aliphatic hydroxyl groups is 1. The maximum absolute atomic E-state index is 10.4. The Morgan fingerprint density at radius 1 is 1.16 bits per heavy atom. The van der Waals surface area contributed by atoms with Gasteiger partial charge in [-0.3, -0.25) is 0 Å². The van der Waals surface area contributed by atoms with Crippen LogP contribution in [0.1, 0.15) is 25.5 Å². The van der Waals surface area contributed by atoms with Gasteiger partial charge in [-0.25, -0.2) is 0 Å². The third-order valence-corrected chi connectivity index (χ3v) is 3.20. The van der Waals surface area contributed by atoms with Crippen LogP contribution in [-0.2, 0) is 0 Å². The highest BCUT2D eigenvalue weighted by molar-refractivity contribution is 5.88. The second kappa shape index (κ2) is 6.04. The minimum Gasteiger partial charge on any atom is -0.496 e. The van der Waals surface area contributed by atoms with Crippen LogP contribution in [0, 0.1) is 0 Å². The van der Waals surface area contributed by atoms with Crippen molar-refractivity contribution in [2.75, 3.05) is 13.7 Å². The number of hydrogen-bond donors (Lipinski definition) is 2. The summed E-state index contributed by atoms with van der Waals surface area (Å²) in [5.41, 5.74) is 0.855. The third-order valence-electron chi connectivity index (χ3n) is 3.20. The van der Waals surface area contributed by atoms with Crippen LogP contribution >= 0.6 is 0 Å². The molecule has 0 saturated heterocycles. The molecule has 0 saturated carbocycles. The van der Waals surface area contributed by atoms with Crippen LogP contribution < -0.4 is 10.1 Å². The highest BCUT2D eigenvalue weighted by Crippen LogP contribution is 2.32. The summed E-state index contributed by atoms with van der Waals surface area (Å²) in [4.78, 5) is 0. The Morgan fingerprint density at radius 3 is 2.58 bits per heavy atom. The van der Waals surface area contributed by atoms with Gasteiger partial charge in [0.25, 0.3) is 0 Å². The minimum atomic E-state index is -0.580. The number of benzene rings is 2. The van der Waals surface area contributed by atoms with Crippen LogP contribution in [-0.4, -0.2) is 24.8 Å². The first-order valence-corrected chi connectivity index (χ1v) is 6.60. The van der Waals surface area contributed by atoms with E-state index in [1.807, 2.05) is 36.4 Å². The van der Waals surface area contributed by atoms with E-state index in [2.05, 4.69) is 19.2 Å². The fraction of sp³-hybridized carbons (Fsp3) is 0.375. The Balaban J connectivity index is 2.43. The van der Waals surface area contributed by atoms with Crippen molar-refractivity contribution in [2.24, 2.45) is 0 Å². The number of fused-ring (bicyclic) bond motifs is 1. The highest BCUT2D eigenvalue weighted by atomic mass is 16.5. The summed E-state index contributed by atoms with van der Waals surface area (Å²) in [5, 5.41) is 15.8. The topological polar surface area (TPSA) is 41.5 Å². The molecule has 2 N–H and O–H groups in total. The summed E-state index contributed by atoms with van der Waals surface area (Å²) >= 11 is 0. The zero-order valence-corrected chi connectivity index (χ0v) is 11.7. The van der Waals surface area contributed by atoms with Crippen LogP contribution in [0.4, 0.5) is 0 Å². The molecular weight excluding hydrogens is 238 g/mol. The molecule has 102 valence electrons. The summed E-state index contributed by atoms with van der Waals surface area (Å²) in [6.45, 7) is 4.64. The molecule has 3 heteroatoms. The van der Waals surface area contributed by atoms with Crippen molar-refractivity contribution < 1.29 is 9.84 Å². The van der Waals surface area contributed by atoms with Crippen molar-refractivity contribution in [2.45, 2.75) is 26.0 Å². The zero-order chi connectivity index (χ0) is 13.8. The Hall–Kier alpha value is -1.58. The molecule has 0 aliphatic carbocycles. The molecule has 0 radical (unpaired) electrons. The Bertz CT molecular complexity index is 551. The summed E-state index contributed by atoms with van der Waals surface area (Å²) in [5.74, 6) is 0.733. The van der Waals surface area contributed by atoms with E-state index in [4.69, 9.17) is 4.74 Å². The largest absolute Gasteiger partial charge is 0.496 e. The smallest absolute Gasteiger partial charge is 0.125 e. The lowest BCUT2D eigenvalue weighted by molar-refractivity contribution is 0.169. The number of aliphatic hydroxyl groups excluding tert-OH is 1. The molecule has 3 nitrogen and oxygen atoms in total. The van der Waals surface area contributed by atoms with Crippen molar-refractivity contribution in [3.05, 3.63) is 42.0 Å². The van der Waals surface area contributed by atoms with Crippen LogP contribution in [0.2, 0.25) is 0 Å². The van der Waals surface area contributed by atoms with Crippen LogP contribution in [0.25, 0.3) is 10.8 Å². The van der Waals surface area contributed by atoms with E-state index in [0.717, 1.165) is 22.1 Å². The molecule has 0 heterocycles. The second-order valence-electron chi connectivity index (χ2n) is 4.98. The van der Waals surface area contributed by atoms with Crippen molar-refractivity contribution >= 4 is 10.8 Å². The number of ether oxygens (including phenoxy) is 1.